The van der Waals surface area contributed by atoms with Gasteiger partial charge in [0.2, 0.25) is 0 Å². The van der Waals surface area contributed by atoms with Crippen LogP contribution >= 0.6 is 15.9 Å². The predicted molar refractivity (Wildman–Crippen MR) is 78.3 cm³/mol. The average molecular weight is 340 g/mol. The van der Waals surface area contributed by atoms with Gasteiger partial charge in [-0.3, -0.25) is 20.2 Å². The molecule has 0 aliphatic heterocycles. The third-order valence-electron chi connectivity index (χ3n) is 2.16. The minimum atomic E-state index is -0.674. The zero-order valence-corrected chi connectivity index (χ0v) is 11.7. The number of nitro groups is 2. The van der Waals surface area contributed by atoms with Crippen molar-refractivity contribution in [2.75, 3.05) is 5.73 Å². The van der Waals surface area contributed by atoms with Gasteiger partial charge in [0.1, 0.15) is 0 Å². The standard InChI is InChI=1S/C6H6BrN.C6H4N2O4/c7-5-3-1-2-4-6(5)8;9-7(10)5-2-1-3-6(4-5)8(11)12/h1-4H,8H2;1-4H. The number of para-hydroxylation sites is 1. The van der Waals surface area contributed by atoms with Crippen LogP contribution in [0, 0.1) is 20.2 Å². The lowest BCUT2D eigenvalue weighted by Crippen LogP contribution is -1.91. The van der Waals surface area contributed by atoms with E-state index in [1.54, 1.807) is 0 Å². The average Bonchev–Trinajstić information content (AvgIpc) is 2.43. The molecule has 7 nitrogen and oxygen atoms in total. The van der Waals surface area contributed by atoms with Gasteiger partial charge in [-0.05, 0) is 34.1 Å². The normalized spacial score (nSPS) is 9.25. The minimum Gasteiger partial charge on any atom is -0.398 e. The molecule has 2 rings (SSSR count). The second-order valence-electron chi connectivity index (χ2n) is 3.56. The summed E-state index contributed by atoms with van der Waals surface area (Å²) in [6.07, 6.45) is 0. The van der Waals surface area contributed by atoms with E-state index in [4.69, 9.17) is 5.73 Å². The topological polar surface area (TPSA) is 112 Å². The van der Waals surface area contributed by atoms with Crippen molar-refractivity contribution in [2.24, 2.45) is 0 Å². The van der Waals surface area contributed by atoms with Crippen molar-refractivity contribution in [3.8, 4) is 0 Å². The molecule has 2 aromatic rings. The summed E-state index contributed by atoms with van der Waals surface area (Å²) in [5, 5.41) is 20.3. The molecule has 2 aromatic carbocycles. The highest BCUT2D eigenvalue weighted by atomic mass is 79.9. The van der Waals surface area contributed by atoms with E-state index in [2.05, 4.69) is 15.9 Å². The van der Waals surface area contributed by atoms with E-state index in [1.165, 1.54) is 18.2 Å². The minimum absolute atomic E-state index is 0.274. The first-order valence-electron chi connectivity index (χ1n) is 5.30. The predicted octanol–water partition coefficient (Wildman–Crippen LogP) is 3.53. The fourth-order valence-electron chi connectivity index (χ4n) is 1.20. The first-order chi connectivity index (χ1) is 9.41. The van der Waals surface area contributed by atoms with Crippen molar-refractivity contribution in [2.45, 2.75) is 0 Å². The van der Waals surface area contributed by atoms with Crippen LogP contribution in [-0.4, -0.2) is 9.85 Å². The van der Waals surface area contributed by atoms with Gasteiger partial charge in [-0.25, -0.2) is 0 Å². The molecule has 0 saturated heterocycles. The summed E-state index contributed by atoms with van der Waals surface area (Å²) in [6, 6.07) is 12.2. The number of nitro benzene ring substituents is 2. The molecule has 0 unspecified atom stereocenters. The molecule has 0 radical (unpaired) electrons. The van der Waals surface area contributed by atoms with Gasteiger partial charge in [-0.2, -0.15) is 0 Å². The fraction of sp³-hybridized carbons (Fsp3) is 0. The highest BCUT2D eigenvalue weighted by Gasteiger charge is 2.11. The molecule has 0 aliphatic carbocycles. The molecule has 0 bridgehead atoms. The zero-order valence-electron chi connectivity index (χ0n) is 10.1. The van der Waals surface area contributed by atoms with E-state index in [1.807, 2.05) is 24.3 Å². The van der Waals surface area contributed by atoms with Crippen molar-refractivity contribution >= 4 is 33.0 Å². The molecular formula is C12H10BrN3O4. The van der Waals surface area contributed by atoms with Crippen LogP contribution in [-0.2, 0) is 0 Å². The summed E-state index contributed by atoms with van der Waals surface area (Å²) in [5.74, 6) is 0. The number of anilines is 1. The van der Waals surface area contributed by atoms with Gasteiger partial charge in [-0.15, -0.1) is 0 Å². The summed E-state index contributed by atoms with van der Waals surface area (Å²) in [7, 11) is 0. The summed E-state index contributed by atoms with van der Waals surface area (Å²) in [5.41, 5.74) is 5.71. The van der Waals surface area contributed by atoms with Gasteiger partial charge in [0.25, 0.3) is 11.4 Å². The molecule has 0 aromatic heterocycles. The SMILES string of the molecule is Nc1ccccc1Br.O=[N+]([O-])c1cccc([N+](=O)[O-])c1. The molecule has 0 saturated carbocycles. The lowest BCUT2D eigenvalue weighted by atomic mass is 10.3. The number of nitrogens with two attached hydrogens (primary N) is 1. The molecule has 0 aliphatic rings. The van der Waals surface area contributed by atoms with Crippen LogP contribution in [0.4, 0.5) is 17.1 Å². The van der Waals surface area contributed by atoms with E-state index >= 15 is 0 Å². The number of rotatable bonds is 2. The maximum atomic E-state index is 10.2. The Morgan fingerprint density at radius 2 is 1.40 bits per heavy atom. The number of hydrogen-bond donors (Lipinski definition) is 1. The Bertz CT molecular complexity index is 583. The lowest BCUT2D eigenvalue weighted by Gasteiger charge is -1.91. The monoisotopic (exact) mass is 339 g/mol. The van der Waals surface area contributed by atoms with Crippen LogP contribution in [0.2, 0.25) is 0 Å². The van der Waals surface area contributed by atoms with Crippen molar-refractivity contribution < 1.29 is 9.85 Å². The Morgan fingerprint density at radius 3 is 1.75 bits per heavy atom. The van der Waals surface area contributed by atoms with Gasteiger partial charge in [0, 0.05) is 22.3 Å². The summed E-state index contributed by atoms with van der Waals surface area (Å²) in [6.45, 7) is 0. The molecule has 2 N–H and O–H groups in total. The molecule has 0 spiro atoms. The van der Waals surface area contributed by atoms with E-state index < -0.39 is 9.85 Å². The Kier molecular flexibility index (Phi) is 5.60. The first-order valence-corrected chi connectivity index (χ1v) is 6.10. The number of hydrogen-bond acceptors (Lipinski definition) is 5. The van der Waals surface area contributed by atoms with Gasteiger partial charge in [-0.1, -0.05) is 12.1 Å². The maximum absolute atomic E-state index is 10.2. The quantitative estimate of drug-likeness (QED) is 0.510. The molecule has 8 heteroatoms. The smallest absolute Gasteiger partial charge is 0.276 e. The Balaban J connectivity index is 0.000000217. The molecule has 104 valence electrons. The van der Waals surface area contributed by atoms with Gasteiger partial charge in [0.05, 0.1) is 15.9 Å². The lowest BCUT2D eigenvalue weighted by molar-refractivity contribution is -0.394. The van der Waals surface area contributed by atoms with E-state index in [0.29, 0.717) is 0 Å². The van der Waals surface area contributed by atoms with Gasteiger partial charge >= 0.3 is 0 Å². The zero-order chi connectivity index (χ0) is 15.1. The number of nitrogens with zero attached hydrogens (tertiary/aromatic N) is 2. The fourth-order valence-corrected chi connectivity index (χ4v) is 1.48. The molecule has 0 heterocycles. The van der Waals surface area contributed by atoms with Gasteiger partial charge in [0.15, 0.2) is 0 Å². The third kappa shape index (κ3) is 4.65. The highest BCUT2D eigenvalue weighted by molar-refractivity contribution is 9.10. The van der Waals surface area contributed by atoms with Crippen LogP contribution in [0.15, 0.2) is 53.0 Å². The van der Waals surface area contributed by atoms with E-state index in [-0.39, 0.29) is 11.4 Å². The van der Waals surface area contributed by atoms with Gasteiger partial charge < -0.3 is 5.73 Å². The van der Waals surface area contributed by atoms with Crippen molar-refractivity contribution in [3.63, 3.8) is 0 Å². The number of halogens is 1. The molecule has 0 fully saturated rings. The summed E-state index contributed by atoms with van der Waals surface area (Å²) < 4.78 is 0.958. The van der Waals surface area contributed by atoms with Crippen LogP contribution in [0.5, 0.6) is 0 Å². The van der Waals surface area contributed by atoms with Crippen LogP contribution in [0.3, 0.4) is 0 Å². The highest BCUT2D eigenvalue weighted by Crippen LogP contribution is 2.18. The van der Waals surface area contributed by atoms with Crippen LogP contribution in [0.1, 0.15) is 0 Å². The van der Waals surface area contributed by atoms with Crippen molar-refractivity contribution in [1.82, 2.24) is 0 Å². The van der Waals surface area contributed by atoms with Crippen molar-refractivity contribution in [1.29, 1.82) is 0 Å². The van der Waals surface area contributed by atoms with Crippen molar-refractivity contribution in [3.05, 3.63) is 73.2 Å². The number of non-ortho nitro benzene ring substituents is 2. The number of benzene rings is 2. The summed E-state index contributed by atoms with van der Waals surface area (Å²) in [4.78, 5) is 19.0. The number of nitrogen functional groups attached to an aromatic ring is 1. The molecule has 20 heavy (non-hydrogen) atoms. The van der Waals surface area contributed by atoms with E-state index in [9.17, 15) is 20.2 Å². The first kappa shape index (κ1) is 15.6. The molecular weight excluding hydrogens is 330 g/mol. The Morgan fingerprint density at radius 1 is 0.900 bits per heavy atom. The largest absolute Gasteiger partial charge is 0.398 e. The second kappa shape index (κ2) is 7.19. The Hall–Kier alpha value is -2.48. The maximum Gasteiger partial charge on any atom is 0.276 e. The van der Waals surface area contributed by atoms with E-state index in [0.717, 1.165) is 16.2 Å². The summed E-state index contributed by atoms with van der Waals surface area (Å²) >= 11 is 3.27. The third-order valence-corrected chi connectivity index (χ3v) is 2.88. The van der Waals surface area contributed by atoms with Crippen LogP contribution in [0.25, 0.3) is 0 Å². The molecule has 0 atom stereocenters. The Labute approximate surface area is 122 Å². The molecule has 0 amide bonds. The second-order valence-corrected chi connectivity index (χ2v) is 4.41. The van der Waals surface area contributed by atoms with Crippen LogP contribution < -0.4 is 5.73 Å².